The van der Waals surface area contributed by atoms with Crippen molar-refractivity contribution < 1.29 is 17.9 Å². The Morgan fingerprint density at radius 3 is 2.71 bits per heavy atom. The Balaban J connectivity index is 1.50. The monoisotopic (exact) mass is 505 g/mol. The lowest BCUT2D eigenvalue weighted by atomic mass is 10.2. The number of hydrogen-bond donors (Lipinski definition) is 0. The van der Waals surface area contributed by atoms with Crippen LogP contribution in [-0.2, 0) is 26.2 Å². The number of rotatable bonds is 5. The molecule has 10 heteroatoms. The molecule has 1 atom stereocenters. The largest absolute Gasteiger partial charge is 0.458 e. The van der Waals surface area contributed by atoms with Crippen molar-refractivity contribution in [3.63, 3.8) is 0 Å². The summed E-state index contributed by atoms with van der Waals surface area (Å²) in [6.45, 7) is 1.91. The maximum Gasteiger partial charge on any atom is 0.324 e. The summed E-state index contributed by atoms with van der Waals surface area (Å²) < 4.78 is 34.7. The Hall–Kier alpha value is -2.56. The molecule has 0 amide bonds. The van der Waals surface area contributed by atoms with Gasteiger partial charge in [-0.05, 0) is 60.0 Å². The van der Waals surface area contributed by atoms with E-state index in [0.29, 0.717) is 24.2 Å². The minimum atomic E-state index is -3.81. The Labute approximate surface area is 187 Å². The first-order chi connectivity index (χ1) is 14.8. The molecule has 4 rings (SSSR count). The fraction of sp³-hybridized carbons (Fsp3) is 0.286. The predicted molar refractivity (Wildman–Crippen MR) is 117 cm³/mol. The zero-order chi connectivity index (χ0) is 22.2. The van der Waals surface area contributed by atoms with Crippen LogP contribution in [0, 0.1) is 6.92 Å². The molecule has 0 spiro atoms. The number of fused-ring (bicyclic) bond motifs is 1. The van der Waals surface area contributed by atoms with Crippen LogP contribution >= 0.6 is 15.9 Å². The molecule has 0 saturated carbocycles. The molecule has 0 bridgehead atoms. The second-order valence-corrected chi connectivity index (χ2v) is 10.2. The number of nitrogens with zero attached hydrogens (tertiary/aromatic N) is 3. The Morgan fingerprint density at radius 1 is 1.23 bits per heavy atom. The van der Waals surface area contributed by atoms with Gasteiger partial charge in [0.05, 0.1) is 10.6 Å². The number of carbonyl (C=O) groups excluding carboxylic acids is 1. The molecule has 0 aliphatic carbocycles. The van der Waals surface area contributed by atoms with Gasteiger partial charge in [-0.3, -0.25) is 14.0 Å². The molecule has 1 aliphatic heterocycles. The minimum absolute atomic E-state index is 0.146. The molecule has 31 heavy (non-hydrogen) atoms. The summed E-state index contributed by atoms with van der Waals surface area (Å²) in [4.78, 5) is 29.5. The molecule has 1 aliphatic rings. The quantitative estimate of drug-likeness (QED) is 0.494. The molecule has 0 radical (unpaired) electrons. The highest BCUT2D eigenvalue weighted by Crippen LogP contribution is 2.27. The number of hydrogen-bond acceptors (Lipinski definition) is 6. The number of benzene rings is 1. The molecular formula is C21H20BrN3O5S. The van der Waals surface area contributed by atoms with E-state index in [9.17, 15) is 18.0 Å². The second kappa shape index (κ2) is 8.52. The van der Waals surface area contributed by atoms with Gasteiger partial charge >= 0.3 is 5.97 Å². The van der Waals surface area contributed by atoms with Crippen LogP contribution in [0.4, 0.5) is 0 Å². The summed E-state index contributed by atoms with van der Waals surface area (Å²) in [7, 11) is -3.81. The highest BCUT2D eigenvalue weighted by molar-refractivity contribution is 9.10. The molecule has 3 heterocycles. The van der Waals surface area contributed by atoms with Gasteiger partial charge in [0.25, 0.3) is 5.56 Å². The first kappa shape index (κ1) is 21.7. The topological polar surface area (TPSA) is 98.0 Å². The molecule has 1 unspecified atom stereocenters. The number of carbonyl (C=O) groups is 1. The third-order valence-corrected chi connectivity index (χ3v) is 7.53. The van der Waals surface area contributed by atoms with Crippen molar-refractivity contribution in [2.24, 2.45) is 0 Å². The Kier molecular flexibility index (Phi) is 5.96. The van der Waals surface area contributed by atoms with Crippen LogP contribution < -0.4 is 5.56 Å². The molecule has 3 aromatic rings. The number of aryl methyl sites for hydroxylation is 1. The summed E-state index contributed by atoms with van der Waals surface area (Å²) in [5.41, 5.74) is 1.36. The second-order valence-electron chi connectivity index (χ2n) is 7.36. The minimum Gasteiger partial charge on any atom is -0.458 e. The van der Waals surface area contributed by atoms with E-state index < -0.39 is 22.0 Å². The van der Waals surface area contributed by atoms with Gasteiger partial charge in [0.15, 0.2) is 0 Å². The van der Waals surface area contributed by atoms with Gasteiger partial charge in [-0.25, -0.2) is 13.4 Å². The number of pyridine rings is 1. The van der Waals surface area contributed by atoms with Gasteiger partial charge in [-0.1, -0.05) is 17.7 Å². The van der Waals surface area contributed by atoms with Crippen molar-refractivity contribution in [2.45, 2.75) is 37.3 Å². The van der Waals surface area contributed by atoms with Crippen molar-refractivity contribution in [3.05, 3.63) is 74.7 Å². The average molecular weight is 506 g/mol. The maximum absolute atomic E-state index is 13.0. The first-order valence-corrected chi connectivity index (χ1v) is 11.9. The lowest BCUT2D eigenvalue weighted by molar-refractivity contribution is -0.148. The zero-order valence-corrected chi connectivity index (χ0v) is 19.1. The van der Waals surface area contributed by atoms with E-state index in [1.54, 1.807) is 30.5 Å². The SMILES string of the molecule is Cc1ccc(S(=O)(=O)N2CCCC2C(=O)OCc2cc(=O)n3cc(Br)ccc3n2)cc1. The van der Waals surface area contributed by atoms with Crippen LogP contribution in [0.1, 0.15) is 24.1 Å². The normalized spacial score (nSPS) is 17.2. The molecule has 0 N–H and O–H groups in total. The van der Waals surface area contributed by atoms with Crippen LogP contribution in [0.3, 0.4) is 0 Å². The summed E-state index contributed by atoms with van der Waals surface area (Å²) >= 11 is 3.30. The smallest absolute Gasteiger partial charge is 0.324 e. The number of esters is 1. The highest BCUT2D eigenvalue weighted by atomic mass is 79.9. The van der Waals surface area contributed by atoms with E-state index in [4.69, 9.17) is 4.74 Å². The Bertz CT molecular complexity index is 1300. The van der Waals surface area contributed by atoms with Gasteiger partial charge < -0.3 is 4.74 Å². The maximum atomic E-state index is 13.0. The lowest BCUT2D eigenvalue weighted by Gasteiger charge is -2.22. The van der Waals surface area contributed by atoms with Gasteiger partial charge in [-0.2, -0.15) is 4.31 Å². The standard InChI is InChI=1S/C21H20BrN3O5S/c1-14-4-7-17(8-5-14)31(28,29)25-10-2-3-18(25)21(27)30-13-16-11-20(26)24-12-15(22)6-9-19(24)23-16/h4-9,11-12,18H,2-3,10,13H2,1H3. The van der Waals surface area contributed by atoms with E-state index in [0.717, 1.165) is 10.0 Å². The van der Waals surface area contributed by atoms with E-state index in [1.807, 2.05) is 6.92 Å². The van der Waals surface area contributed by atoms with Crippen molar-refractivity contribution in [1.29, 1.82) is 0 Å². The van der Waals surface area contributed by atoms with Crippen molar-refractivity contribution in [1.82, 2.24) is 13.7 Å². The molecule has 1 aromatic carbocycles. The van der Waals surface area contributed by atoms with Gasteiger partial charge in [0, 0.05) is 23.3 Å². The van der Waals surface area contributed by atoms with E-state index in [-0.39, 0.29) is 23.6 Å². The van der Waals surface area contributed by atoms with Crippen molar-refractivity contribution >= 4 is 37.6 Å². The van der Waals surface area contributed by atoms with Crippen molar-refractivity contribution in [3.8, 4) is 0 Å². The molecule has 162 valence electrons. The fourth-order valence-electron chi connectivity index (χ4n) is 3.55. The number of aromatic nitrogens is 2. The predicted octanol–water partition coefficient (Wildman–Crippen LogP) is 2.66. The fourth-order valence-corrected chi connectivity index (χ4v) is 5.53. The van der Waals surface area contributed by atoms with Gasteiger partial charge in [0.1, 0.15) is 18.3 Å². The molecule has 2 aromatic heterocycles. The van der Waals surface area contributed by atoms with Crippen LogP contribution in [0.15, 0.2) is 62.8 Å². The molecular weight excluding hydrogens is 486 g/mol. The van der Waals surface area contributed by atoms with Crippen molar-refractivity contribution in [2.75, 3.05) is 6.54 Å². The van der Waals surface area contributed by atoms with Gasteiger partial charge in [-0.15, -0.1) is 0 Å². The summed E-state index contributed by atoms with van der Waals surface area (Å²) in [5, 5.41) is 0. The molecule has 1 fully saturated rings. The third-order valence-electron chi connectivity index (χ3n) is 5.14. The van der Waals surface area contributed by atoms with Crippen LogP contribution in [0.2, 0.25) is 0 Å². The highest BCUT2D eigenvalue weighted by Gasteiger charge is 2.40. The number of sulfonamides is 1. The molecule has 8 nitrogen and oxygen atoms in total. The number of halogens is 1. The average Bonchev–Trinajstić information content (AvgIpc) is 3.24. The number of ether oxygens (including phenoxy) is 1. The summed E-state index contributed by atoms with van der Waals surface area (Å²) in [6, 6.07) is 10.3. The van der Waals surface area contributed by atoms with E-state index in [1.165, 1.54) is 26.9 Å². The summed E-state index contributed by atoms with van der Waals surface area (Å²) in [5.74, 6) is -0.647. The molecule has 1 saturated heterocycles. The van der Waals surface area contributed by atoms with Gasteiger partial charge in [0.2, 0.25) is 10.0 Å². The van der Waals surface area contributed by atoms with Crippen LogP contribution in [-0.4, -0.2) is 40.7 Å². The van der Waals surface area contributed by atoms with E-state index >= 15 is 0 Å². The zero-order valence-electron chi connectivity index (χ0n) is 16.7. The lowest BCUT2D eigenvalue weighted by Crippen LogP contribution is -2.41. The first-order valence-electron chi connectivity index (χ1n) is 9.69. The van der Waals surface area contributed by atoms with Crippen LogP contribution in [0.25, 0.3) is 5.65 Å². The Morgan fingerprint density at radius 2 is 1.97 bits per heavy atom. The summed E-state index contributed by atoms with van der Waals surface area (Å²) in [6.07, 6.45) is 2.55. The van der Waals surface area contributed by atoms with Crippen LogP contribution in [0.5, 0.6) is 0 Å². The van der Waals surface area contributed by atoms with E-state index in [2.05, 4.69) is 20.9 Å². The third kappa shape index (κ3) is 4.41.